The molecule has 0 radical (unpaired) electrons. The lowest BCUT2D eigenvalue weighted by atomic mass is 10.0. The third-order valence-corrected chi connectivity index (χ3v) is 3.05. The second-order valence-electron chi connectivity index (χ2n) is 4.81. The molecule has 1 saturated heterocycles. The Morgan fingerprint density at radius 2 is 1.94 bits per heavy atom. The summed E-state index contributed by atoms with van der Waals surface area (Å²) in [5.41, 5.74) is 0. The summed E-state index contributed by atoms with van der Waals surface area (Å²) in [4.78, 5) is 10.6. The van der Waals surface area contributed by atoms with E-state index in [9.17, 15) is 4.79 Å². The third kappa shape index (κ3) is 10.2. The zero-order valence-corrected chi connectivity index (χ0v) is 11.3. The lowest BCUT2D eigenvalue weighted by Crippen LogP contribution is -2.08. The normalized spacial score (nSPS) is 19.1. The fourth-order valence-electron chi connectivity index (χ4n) is 1.77. The topological polar surface area (TPSA) is 29.1 Å². The van der Waals surface area contributed by atoms with Crippen LogP contribution in [0.2, 0.25) is 0 Å². The van der Waals surface area contributed by atoms with Crippen molar-refractivity contribution >= 4 is 5.78 Å². The Labute approximate surface area is 101 Å². The molecule has 0 amide bonds. The van der Waals surface area contributed by atoms with Crippen LogP contribution in [0, 0.1) is 5.92 Å². The van der Waals surface area contributed by atoms with Crippen molar-refractivity contribution in [3.63, 3.8) is 0 Å². The lowest BCUT2D eigenvalue weighted by Gasteiger charge is -2.06. The first-order chi connectivity index (χ1) is 7.70. The highest BCUT2D eigenvalue weighted by atomic mass is 16.1. The van der Waals surface area contributed by atoms with Crippen molar-refractivity contribution in [2.45, 2.75) is 65.7 Å². The van der Waals surface area contributed by atoms with Gasteiger partial charge in [0, 0.05) is 6.42 Å². The number of ketones is 1. The first-order valence-electron chi connectivity index (χ1n) is 6.90. The summed E-state index contributed by atoms with van der Waals surface area (Å²) in [5, 5.41) is 3.36. The van der Waals surface area contributed by atoms with Gasteiger partial charge in [0.05, 0.1) is 0 Å². The highest BCUT2D eigenvalue weighted by Gasteiger charge is 2.13. The molecule has 2 nitrogen and oxygen atoms in total. The summed E-state index contributed by atoms with van der Waals surface area (Å²) < 4.78 is 0. The Morgan fingerprint density at radius 1 is 1.25 bits per heavy atom. The molecule has 0 bridgehead atoms. The molecule has 0 saturated carbocycles. The predicted octanol–water partition coefficient (Wildman–Crippen LogP) is 3.55. The van der Waals surface area contributed by atoms with Gasteiger partial charge in [-0.3, -0.25) is 0 Å². The van der Waals surface area contributed by atoms with Gasteiger partial charge in [0.1, 0.15) is 5.78 Å². The first-order valence-corrected chi connectivity index (χ1v) is 6.90. The molecule has 0 aromatic heterocycles. The van der Waals surface area contributed by atoms with Gasteiger partial charge in [-0.25, -0.2) is 0 Å². The van der Waals surface area contributed by atoms with Gasteiger partial charge in [-0.1, -0.05) is 33.1 Å². The number of nitrogens with one attached hydrogen (secondary N) is 1. The number of hydrogen-bond acceptors (Lipinski definition) is 2. The van der Waals surface area contributed by atoms with Crippen molar-refractivity contribution in [1.82, 2.24) is 5.32 Å². The van der Waals surface area contributed by atoms with Gasteiger partial charge in [-0.2, -0.15) is 0 Å². The SMILES string of the molecule is CC(=O)CCCCC1CCNC1.CCCC. The smallest absolute Gasteiger partial charge is 0.129 e. The maximum absolute atomic E-state index is 10.6. The van der Waals surface area contributed by atoms with Crippen molar-refractivity contribution in [2.75, 3.05) is 13.1 Å². The van der Waals surface area contributed by atoms with Crippen LogP contribution in [0.25, 0.3) is 0 Å². The minimum atomic E-state index is 0.333. The molecule has 0 aliphatic carbocycles. The van der Waals surface area contributed by atoms with Crippen LogP contribution in [0.1, 0.15) is 65.7 Å². The van der Waals surface area contributed by atoms with Crippen molar-refractivity contribution in [1.29, 1.82) is 0 Å². The summed E-state index contributed by atoms with van der Waals surface area (Å²) in [6, 6.07) is 0. The zero-order valence-electron chi connectivity index (χ0n) is 11.3. The van der Waals surface area contributed by atoms with Crippen molar-refractivity contribution < 1.29 is 4.79 Å². The van der Waals surface area contributed by atoms with Crippen LogP contribution in [-0.2, 0) is 4.79 Å². The van der Waals surface area contributed by atoms with Gasteiger partial charge < -0.3 is 10.1 Å². The molecule has 0 aromatic rings. The standard InChI is InChI=1S/C10H19NO.C4H10/c1-9(12)4-2-3-5-10-6-7-11-8-10;1-3-4-2/h10-11H,2-8H2,1H3;3-4H2,1-2H3. The van der Waals surface area contributed by atoms with Gasteiger partial charge in [-0.05, 0) is 45.2 Å². The number of hydrogen-bond donors (Lipinski definition) is 1. The molecule has 1 aliphatic rings. The van der Waals surface area contributed by atoms with Crippen LogP contribution in [0.3, 0.4) is 0 Å². The van der Waals surface area contributed by atoms with Crippen molar-refractivity contribution in [3.8, 4) is 0 Å². The highest BCUT2D eigenvalue weighted by molar-refractivity contribution is 5.75. The summed E-state index contributed by atoms with van der Waals surface area (Å²) in [5.74, 6) is 1.22. The van der Waals surface area contributed by atoms with Gasteiger partial charge in [0.15, 0.2) is 0 Å². The first kappa shape index (κ1) is 15.6. The average Bonchev–Trinajstić information content (AvgIpc) is 2.77. The maximum Gasteiger partial charge on any atom is 0.129 e. The second-order valence-corrected chi connectivity index (χ2v) is 4.81. The van der Waals surface area contributed by atoms with Gasteiger partial charge in [0.25, 0.3) is 0 Å². The van der Waals surface area contributed by atoms with Crippen LogP contribution in [0.5, 0.6) is 0 Å². The minimum Gasteiger partial charge on any atom is -0.316 e. The van der Waals surface area contributed by atoms with Crippen LogP contribution >= 0.6 is 0 Å². The quantitative estimate of drug-likeness (QED) is 0.703. The number of Topliss-reactive ketones (excluding diaryl/α,β-unsaturated/α-hetero) is 1. The largest absolute Gasteiger partial charge is 0.316 e. The molecule has 1 rings (SSSR count). The second kappa shape index (κ2) is 11.1. The Balaban J connectivity index is 0.000000487. The Hall–Kier alpha value is -0.370. The molecule has 1 heterocycles. The molecule has 1 N–H and O–H groups in total. The minimum absolute atomic E-state index is 0.333. The molecule has 16 heavy (non-hydrogen) atoms. The molecule has 1 fully saturated rings. The summed E-state index contributed by atoms with van der Waals surface area (Å²) in [7, 11) is 0. The molecular formula is C14H29NO. The Morgan fingerprint density at radius 3 is 2.38 bits per heavy atom. The zero-order chi connectivity index (χ0) is 12.2. The molecule has 1 unspecified atom stereocenters. The Bertz CT molecular complexity index is 160. The van der Waals surface area contributed by atoms with E-state index in [-0.39, 0.29) is 0 Å². The van der Waals surface area contributed by atoms with Gasteiger partial charge in [0.2, 0.25) is 0 Å². The molecule has 2 heteroatoms. The number of carbonyl (C=O) groups excluding carboxylic acids is 1. The van der Waals surface area contributed by atoms with E-state index in [4.69, 9.17) is 0 Å². The van der Waals surface area contributed by atoms with Crippen molar-refractivity contribution in [3.05, 3.63) is 0 Å². The summed E-state index contributed by atoms with van der Waals surface area (Å²) in [6.45, 7) is 8.43. The summed E-state index contributed by atoms with van der Waals surface area (Å²) >= 11 is 0. The number of rotatable bonds is 6. The monoisotopic (exact) mass is 227 g/mol. The van der Waals surface area contributed by atoms with E-state index < -0.39 is 0 Å². The highest BCUT2D eigenvalue weighted by Crippen LogP contribution is 2.16. The van der Waals surface area contributed by atoms with Crippen LogP contribution < -0.4 is 5.32 Å². The van der Waals surface area contributed by atoms with Crippen LogP contribution in [0.4, 0.5) is 0 Å². The van der Waals surface area contributed by atoms with Gasteiger partial charge in [-0.15, -0.1) is 0 Å². The molecule has 1 atom stereocenters. The van der Waals surface area contributed by atoms with E-state index in [1.54, 1.807) is 6.92 Å². The average molecular weight is 227 g/mol. The summed E-state index contributed by atoms with van der Waals surface area (Å²) in [6.07, 6.45) is 8.37. The van der Waals surface area contributed by atoms with E-state index in [0.29, 0.717) is 5.78 Å². The van der Waals surface area contributed by atoms with Crippen molar-refractivity contribution in [2.24, 2.45) is 5.92 Å². The molecule has 0 aromatic carbocycles. The fourth-order valence-corrected chi connectivity index (χ4v) is 1.77. The molecular weight excluding hydrogens is 198 g/mol. The lowest BCUT2D eigenvalue weighted by molar-refractivity contribution is -0.117. The number of carbonyl (C=O) groups is 1. The molecule has 1 aliphatic heterocycles. The van der Waals surface area contributed by atoms with E-state index in [1.165, 1.54) is 45.2 Å². The predicted molar refractivity (Wildman–Crippen MR) is 70.7 cm³/mol. The van der Waals surface area contributed by atoms with E-state index in [1.807, 2.05) is 0 Å². The van der Waals surface area contributed by atoms with E-state index in [0.717, 1.165) is 18.8 Å². The van der Waals surface area contributed by atoms with E-state index in [2.05, 4.69) is 19.2 Å². The third-order valence-electron chi connectivity index (χ3n) is 3.05. The van der Waals surface area contributed by atoms with Gasteiger partial charge >= 0.3 is 0 Å². The van der Waals surface area contributed by atoms with Crippen LogP contribution in [-0.4, -0.2) is 18.9 Å². The fraction of sp³-hybridized carbons (Fsp3) is 0.929. The number of unbranched alkanes of at least 4 members (excludes halogenated alkanes) is 2. The van der Waals surface area contributed by atoms with E-state index >= 15 is 0 Å². The molecule has 96 valence electrons. The molecule has 0 spiro atoms. The van der Waals surface area contributed by atoms with Crippen LogP contribution in [0.15, 0.2) is 0 Å². The Kier molecular flexibility index (Phi) is 10.9. The maximum atomic E-state index is 10.6.